The summed E-state index contributed by atoms with van der Waals surface area (Å²) in [6.45, 7) is 10.5. The molecular weight excluding hydrogens is 290 g/mol. The van der Waals surface area contributed by atoms with Gasteiger partial charge in [-0.3, -0.25) is 4.90 Å². The van der Waals surface area contributed by atoms with Gasteiger partial charge >= 0.3 is 6.03 Å². The van der Waals surface area contributed by atoms with Crippen molar-refractivity contribution in [2.75, 3.05) is 26.2 Å². The summed E-state index contributed by atoms with van der Waals surface area (Å²) >= 11 is 0. The number of rotatable bonds is 6. The number of nitrogens with one attached hydrogen (secondary N) is 2. The minimum atomic E-state index is -0.100. The first-order chi connectivity index (χ1) is 11.0. The fourth-order valence-electron chi connectivity index (χ4n) is 3.02. The maximum Gasteiger partial charge on any atom is 0.315 e. The number of carbonyl (C=O) groups is 1. The highest BCUT2D eigenvalue weighted by molar-refractivity contribution is 5.73. The van der Waals surface area contributed by atoms with E-state index in [-0.39, 0.29) is 6.03 Å². The Bertz CT molecular complexity index is 497. The Hall–Kier alpha value is -1.59. The zero-order chi connectivity index (χ0) is 16.7. The normalized spacial score (nSPS) is 21.9. The smallest absolute Gasteiger partial charge is 0.315 e. The summed E-state index contributed by atoms with van der Waals surface area (Å²) in [5, 5.41) is 5.84. The Morgan fingerprint density at radius 3 is 2.61 bits per heavy atom. The minimum Gasteiger partial charge on any atom is -0.373 e. The predicted molar refractivity (Wildman–Crippen MR) is 92.5 cm³/mol. The van der Waals surface area contributed by atoms with Gasteiger partial charge in [-0.15, -0.1) is 0 Å². The molecule has 1 fully saturated rings. The van der Waals surface area contributed by atoms with Crippen molar-refractivity contribution in [3.63, 3.8) is 0 Å². The first kappa shape index (κ1) is 17.8. The van der Waals surface area contributed by atoms with Gasteiger partial charge in [0.1, 0.15) is 0 Å². The fraction of sp³-hybridized carbons (Fsp3) is 0.611. The van der Waals surface area contributed by atoms with Crippen LogP contribution < -0.4 is 10.6 Å². The molecule has 2 N–H and O–H groups in total. The van der Waals surface area contributed by atoms with Crippen molar-refractivity contribution in [3.8, 4) is 0 Å². The van der Waals surface area contributed by atoms with Crippen LogP contribution in [0.25, 0.3) is 0 Å². The van der Waals surface area contributed by atoms with Gasteiger partial charge in [0.25, 0.3) is 0 Å². The van der Waals surface area contributed by atoms with Crippen molar-refractivity contribution in [1.82, 2.24) is 15.5 Å². The molecule has 5 heteroatoms. The van der Waals surface area contributed by atoms with Crippen molar-refractivity contribution in [2.45, 2.75) is 45.9 Å². The lowest BCUT2D eigenvalue weighted by Crippen LogP contribution is -2.46. The van der Waals surface area contributed by atoms with Crippen LogP contribution in [0.2, 0.25) is 0 Å². The molecular formula is C18H29N3O2. The summed E-state index contributed by atoms with van der Waals surface area (Å²) in [6.07, 6.45) is 1.55. The van der Waals surface area contributed by atoms with Crippen LogP contribution in [0.4, 0.5) is 4.79 Å². The van der Waals surface area contributed by atoms with Gasteiger partial charge in [-0.25, -0.2) is 4.79 Å². The van der Waals surface area contributed by atoms with E-state index in [4.69, 9.17) is 4.74 Å². The molecule has 1 aromatic rings. The lowest BCUT2D eigenvalue weighted by atomic mass is 10.1. The lowest BCUT2D eigenvalue weighted by molar-refractivity contribution is -0.0679. The molecule has 23 heavy (non-hydrogen) atoms. The molecule has 2 rings (SSSR count). The topological polar surface area (TPSA) is 53.6 Å². The molecule has 1 saturated heterocycles. The van der Waals surface area contributed by atoms with Crippen LogP contribution in [0.5, 0.6) is 0 Å². The third kappa shape index (κ3) is 6.20. The zero-order valence-corrected chi connectivity index (χ0v) is 14.5. The quantitative estimate of drug-likeness (QED) is 0.791. The van der Waals surface area contributed by atoms with Gasteiger partial charge in [0.15, 0.2) is 0 Å². The van der Waals surface area contributed by atoms with E-state index in [1.165, 1.54) is 5.56 Å². The number of hydrogen-bond acceptors (Lipinski definition) is 3. The van der Waals surface area contributed by atoms with E-state index in [2.05, 4.69) is 42.4 Å². The Kier molecular flexibility index (Phi) is 6.86. The number of nitrogens with zero attached hydrogens (tertiary/aromatic N) is 1. The standard InChI is InChI=1S/C18H29N3O2/c1-14-7-4-5-8-17(14)11-20-18(22)19-9-6-10-21-12-15(2)23-16(3)13-21/h4-5,7-8,15-16H,6,9-13H2,1-3H3,(H2,19,20,22). The minimum absolute atomic E-state index is 0.100. The lowest BCUT2D eigenvalue weighted by Gasteiger charge is -2.35. The first-order valence-corrected chi connectivity index (χ1v) is 8.48. The Labute approximate surface area is 139 Å². The summed E-state index contributed by atoms with van der Waals surface area (Å²) < 4.78 is 5.72. The number of benzene rings is 1. The second-order valence-electron chi connectivity index (χ2n) is 6.41. The third-order valence-electron chi connectivity index (χ3n) is 4.13. The van der Waals surface area contributed by atoms with E-state index < -0.39 is 0 Å². The summed E-state index contributed by atoms with van der Waals surface area (Å²) in [7, 11) is 0. The SMILES string of the molecule is Cc1ccccc1CNC(=O)NCCCN1CC(C)OC(C)C1. The molecule has 128 valence electrons. The molecule has 1 aromatic carbocycles. The summed E-state index contributed by atoms with van der Waals surface area (Å²) in [5.74, 6) is 0. The molecule has 0 aromatic heterocycles. The monoisotopic (exact) mass is 319 g/mol. The van der Waals surface area contributed by atoms with E-state index in [1.54, 1.807) is 0 Å². The van der Waals surface area contributed by atoms with Crippen molar-refractivity contribution >= 4 is 6.03 Å². The molecule has 1 aliphatic heterocycles. The van der Waals surface area contributed by atoms with Crippen LogP contribution in [-0.4, -0.2) is 49.3 Å². The van der Waals surface area contributed by atoms with E-state index >= 15 is 0 Å². The number of urea groups is 1. The molecule has 2 atom stereocenters. The van der Waals surface area contributed by atoms with Gasteiger partial charge in [0.2, 0.25) is 0 Å². The molecule has 2 amide bonds. The molecule has 0 aliphatic carbocycles. The molecule has 1 aliphatic rings. The Morgan fingerprint density at radius 1 is 1.22 bits per heavy atom. The van der Waals surface area contributed by atoms with Gasteiger partial charge in [0.05, 0.1) is 12.2 Å². The fourth-order valence-corrected chi connectivity index (χ4v) is 3.02. The summed E-state index contributed by atoms with van der Waals surface area (Å²) in [5.41, 5.74) is 2.35. The van der Waals surface area contributed by atoms with Crippen molar-refractivity contribution in [2.24, 2.45) is 0 Å². The van der Waals surface area contributed by atoms with E-state index in [0.717, 1.165) is 31.6 Å². The molecule has 2 unspecified atom stereocenters. The molecule has 0 radical (unpaired) electrons. The Morgan fingerprint density at radius 2 is 1.91 bits per heavy atom. The van der Waals surface area contributed by atoms with Gasteiger partial charge in [0, 0.05) is 32.7 Å². The van der Waals surface area contributed by atoms with E-state index in [0.29, 0.717) is 25.3 Å². The second kappa shape index (κ2) is 8.89. The van der Waals surface area contributed by atoms with Gasteiger partial charge in [-0.1, -0.05) is 24.3 Å². The Balaban J connectivity index is 1.59. The van der Waals surface area contributed by atoms with Crippen LogP contribution >= 0.6 is 0 Å². The largest absolute Gasteiger partial charge is 0.373 e. The van der Waals surface area contributed by atoms with Gasteiger partial charge < -0.3 is 15.4 Å². The maximum atomic E-state index is 11.8. The van der Waals surface area contributed by atoms with Crippen LogP contribution in [0.15, 0.2) is 24.3 Å². The molecule has 0 bridgehead atoms. The van der Waals surface area contributed by atoms with Gasteiger partial charge in [-0.2, -0.15) is 0 Å². The van der Waals surface area contributed by atoms with Crippen LogP contribution in [0.3, 0.4) is 0 Å². The van der Waals surface area contributed by atoms with Crippen LogP contribution in [0, 0.1) is 6.92 Å². The molecule has 0 spiro atoms. The summed E-state index contributed by atoms with van der Waals surface area (Å²) in [4.78, 5) is 14.2. The number of carbonyl (C=O) groups excluding carboxylic acids is 1. The van der Waals surface area contributed by atoms with Crippen molar-refractivity contribution in [1.29, 1.82) is 0 Å². The zero-order valence-electron chi connectivity index (χ0n) is 14.5. The predicted octanol–water partition coefficient (Wildman–Crippen LogP) is 2.29. The highest BCUT2D eigenvalue weighted by Gasteiger charge is 2.21. The average Bonchev–Trinajstić information content (AvgIpc) is 2.50. The maximum absolute atomic E-state index is 11.8. The third-order valence-corrected chi connectivity index (χ3v) is 4.13. The first-order valence-electron chi connectivity index (χ1n) is 8.48. The second-order valence-corrected chi connectivity index (χ2v) is 6.41. The number of hydrogen-bond donors (Lipinski definition) is 2. The van der Waals surface area contributed by atoms with Crippen molar-refractivity contribution in [3.05, 3.63) is 35.4 Å². The average molecular weight is 319 g/mol. The molecule has 5 nitrogen and oxygen atoms in total. The number of ether oxygens (including phenoxy) is 1. The summed E-state index contributed by atoms with van der Waals surface area (Å²) in [6, 6.07) is 7.99. The highest BCUT2D eigenvalue weighted by Crippen LogP contribution is 2.10. The number of amides is 2. The van der Waals surface area contributed by atoms with E-state index in [9.17, 15) is 4.79 Å². The van der Waals surface area contributed by atoms with Crippen LogP contribution in [-0.2, 0) is 11.3 Å². The number of morpholine rings is 1. The highest BCUT2D eigenvalue weighted by atomic mass is 16.5. The molecule has 0 saturated carbocycles. The van der Waals surface area contributed by atoms with Crippen molar-refractivity contribution < 1.29 is 9.53 Å². The van der Waals surface area contributed by atoms with Gasteiger partial charge in [-0.05, 0) is 38.3 Å². The molecule has 1 heterocycles. The van der Waals surface area contributed by atoms with E-state index in [1.807, 2.05) is 18.2 Å². The number of aryl methyl sites for hydroxylation is 1. The van der Waals surface area contributed by atoms with Crippen LogP contribution in [0.1, 0.15) is 31.4 Å².